The minimum Gasteiger partial charge on any atom is -0.417 e. The quantitative estimate of drug-likeness (QED) is 0.539. The fourth-order valence-electron chi connectivity index (χ4n) is 2.93. The Balaban J connectivity index is 1.67. The van der Waals surface area contributed by atoms with Crippen molar-refractivity contribution < 1.29 is 17.9 Å². The summed E-state index contributed by atoms with van der Waals surface area (Å²) in [6.07, 6.45) is 2.49. The molecule has 29 heavy (non-hydrogen) atoms. The number of halogens is 3. The Labute approximate surface area is 163 Å². The highest BCUT2D eigenvalue weighted by atomic mass is 19.3. The number of nitrogens with one attached hydrogen (secondary N) is 1. The Hall–Kier alpha value is -3.69. The van der Waals surface area contributed by atoms with Crippen molar-refractivity contribution in [2.75, 3.05) is 5.32 Å². The summed E-state index contributed by atoms with van der Waals surface area (Å²) in [5, 5.41) is 7.50. The van der Waals surface area contributed by atoms with Gasteiger partial charge in [0.15, 0.2) is 5.82 Å². The number of ether oxygens (including phenoxy) is 1. The van der Waals surface area contributed by atoms with Crippen LogP contribution in [0.4, 0.5) is 24.8 Å². The number of alkyl halides is 2. The largest absolute Gasteiger partial charge is 0.417 e. The SMILES string of the molecule is Cc1cc(Nc2cc3cc(-c4cc(OC(F)F)ncc4F)ccn3n2)nc(C)n1. The summed E-state index contributed by atoms with van der Waals surface area (Å²) in [4.78, 5) is 12.0. The summed E-state index contributed by atoms with van der Waals surface area (Å²) in [5.74, 6) is 0.764. The van der Waals surface area contributed by atoms with Gasteiger partial charge in [-0.1, -0.05) is 0 Å². The van der Waals surface area contributed by atoms with Crippen LogP contribution in [0.15, 0.2) is 42.7 Å². The van der Waals surface area contributed by atoms with Crippen molar-refractivity contribution in [3.8, 4) is 17.0 Å². The predicted octanol–water partition coefficient (Wildman–Crippen LogP) is 4.29. The molecule has 4 heterocycles. The van der Waals surface area contributed by atoms with Gasteiger partial charge in [-0.25, -0.2) is 23.9 Å². The van der Waals surface area contributed by atoms with Crippen LogP contribution in [0.1, 0.15) is 11.5 Å². The molecule has 0 saturated heterocycles. The highest BCUT2D eigenvalue weighted by molar-refractivity contribution is 5.72. The van der Waals surface area contributed by atoms with Crippen molar-refractivity contribution in [3.63, 3.8) is 0 Å². The highest BCUT2D eigenvalue weighted by Crippen LogP contribution is 2.28. The molecule has 0 saturated carbocycles. The summed E-state index contributed by atoms with van der Waals surface area (Å²) in [5.41, 5.74) is 2.05. The Kier molecular flexibility index (Phi) is 4.75. The van der Waals surface area contributed by atoms with Gasteiger partial charge >= 0.3 is 6.61 Å². The molecule has 4 aromatic rings. The van der Waals surface area contributed by atoms with E-state index < -0.39 is 12.4 Å². The number of rotatable bonds is 5. The van der Waals surface area contributed by atoms with Gasteiger partial charge in [-0.2, -0.15) is 13.9 Å². The number of nitrogens with zero attached hydrogens (tertiary/aromatic N) is 5. The summed E-state index contributed by atoms with van der Waals surface area (Å²) >= 11 is 0. The summed E-state index contributed by atoms with van der Waals surface area (Å²) in [6, 6.07) is 7.98. The highest BCUT2D eigenvalue weighted by Gasteiger charge is 2.13. The van der Waals surface area contributed by atoms with Crippen molar-refractivity contribution in [3.05, 3.63) is 60.1 Å². The van der Waals surface area contributed by atoms with E-state index in [-0.39, 0.29) is 11.4 Å². The maximum Gasteiger partial charge on any atom is 0.388 e. The van der Waals surface area contributed by atoms with E-state index in [4.69, 9.17) is 0 Å². The zero-order chi connectivity index (χ0) is 20.5. The molecule has 0 spiro atoms. The van der Waals surface area contributed by atoms with Crippen LogP contribution in [0.2, 0.25) is 0 Å². The van der Waals surface area contributed by atoms with Gasteiger partial charge < -0.3 is 10.1 Å². The monoisotopic (exact) mass is 400 g/mol. The van der Waals surface area contributed by atoms with E-state index in [9.17, 15) is 13.2 Å². The summed E-state index contributed by atoms with van der Waals surface area (Å²) < 4.78 is 44.9. The first-order chi connectivity index (χ1) is 13.9. The first-order valence-corrected chi connectivity index (χ1v) is 8.57. The molecule has 1 N–H and O–H groups in total. The number of anilines is 2. The lowest BCUT2D eigenvalue weighted by Crippen LogP contribution is -2.04. The van der Waals surface area contributed by atoms with Crippen LogP contribution in [0.5, 0.6) is 5.88 Å². The number of aryl methyl sites for hydroxylation is 2. The third-order valence-electron chi connectivity index (χ3n) is 4.04. The third-order valence-corrected chi connectivity index (χ3v) is 4.04. The van der Waals surface area contributed by atoms with Crippen molar-refractivity contribution in [1.29, 1.82) is 0 Å². The zero-order valence-corrected chi connectivity index (χ0v) is 15.4. The van der Waals surface area contributed by atoms with Gasteiger partial charge in [0.25, 0.3) is 0 Å². The lowest BCUT2D eigenvalue weighted by Gasteiger charge is -2.07. The lowest BCUT2D eigenvalue weighted by molar-refractivity contribution is -0.0528. The molecule has 4 rings (SSSR count). The van der Waals surface area contributed by atoms with Crippen LogP contribution in [0.25, 0.3) is 16.6 Å². The van der Waals surface area contributed by atoms with E-state index in [0.717, 1.165) is 18.0 Å². The zero-order valence-electron chi connectivity index (χ0n) is 15.4. The van der Waals surface area contributed by atoms with Crippen LogP contribution in [0, 0.1) is 19.7 Å². The molecule has 0 aliphatic carbocycles. The van der Waals surface area contributed by atoms with Crippen LogP contribution < -0.4 is 10.1 Å². The first kappa shape index (κ1) is 18.7. The molecule has 0 amide bonds. The van der Waals surface area contributed by atoms with Gasteiger partial charge in [-0.15, -0.1) is 0 Å². The van der Waals surface area contributed by atoms with E-state index in [0.29, 0.717) is 28.5 Å². The number of hydrogen-bond donors (Lipinski definition) is 1. The van der Waals surface area contributed by atoms with E-state index in [1.807, 2.05) is 6.92 Å². The number of pyridine rings is 2. The molecule has 4 aromatic heterocycles. The standard InChI is InChI=1S/C19H15F3N6O/c1-10-5-16(25-11(2)24-10)26-17-7-13-6-12(3-4-28(13)27-17)14-8-18(29-19(21)22)23-9-15(14)20/h3-9,19H,1-2H3,(H,24,25,26,27). The second-order valence-electron chi connectivity index (χ2n) is 6.26. The molecule has 0 fully saturated rings. The van der Waals surface area contributed by atoms with Gasteiger partial charge in [-0.05, 0) is 31.5 Å². The number of aromatic nitrogens is 5. The molecule has 0 bridgehead atoms. The van der Waals surface area contributed by atoms with Gasteiger partial charge in [0.1, 0.15) is 17.5 Å². The Morgan fingerprint density at radius 2 is 1.90 bits per heavy atom. The molecular formula is C19H15F3N6O. The van der Waals surface area contributed by atoms with Gasteiger partial charge in [0.2, 0.25) is 5.88 Å². The lowest BCUT2D eigenvalue weighted by atomic mass is 10.1. The molecule has 0 aromatic carbocycles. The first-order valence-electron chi connectivity index (χ1n) is 8.57. The topological polar surface area (TPSA) is 77.2 Å². The molecule has 0 atom stereocenters. The van der Waals surface area contributed by atoms with Crippen molar-refractivity contribution in [1.82, 2.24) is 24.6 Å². The van der Waals surface area contributed by atoms with Crippen molar-refractivity contribution in [2.24, 2.45) is 0 Å². The molecular weight excluding hydrogens is 385 g/mol. The van der Waals surface area contributed by atoms with E-state index >= 15 is 0 Å². The van der Waals surface area contributed by atoms with Crippen LogP contribution >= 0.6 is 0 Å². The molecule has 148 valence electrons. The Morgan fingerprint density at radius 3 is 2.66 bits per heavy atom. The normalized spacial score (nSPS) is 11.2. The maximum atomic E-state index is 14.2. The number of hydrogen-bond acceptors (Lipinski definition) is 6. The van der Waals surface area contributed by atoms with Crippen molar-refractivity contribution >= 4 is 17.2 Å². The van der Waals surface area contributed by atoms with Crippen LogP contribution in [-0.2, 0) is 0 Å². The summed E-state index contributed by atoms with van der Waals surface area (Å²) in [6.45, 7) is 0.620. The molecule has 10 heteroatoms. The maximum absolute atomic E-state index is 14.2. The van der Waals surface area contributed by atoms with Crippen LogP contribution in [0.3, 0.4) is 0 Å². The van der Waals surface area contributed by atoms with E-state index in [2.05, 4.69) is 30.1 Å². The predicted molar refractivity (Wildman–Crippen MR) is 99.8 cm³/mol. The second-order valence-corrected chi connectivity index (χ2v) is 6.26. The fraction of sp³-hybridized carbons (Fsp3) is 0.158. The second kappa shape index (κ2) is 7.38. The van der Waals surface area contributed by atoms with Crippen LogP contribution in [-0.4, -0.2) is 31.2 Å². The molecule has 0 aliphatic rings. The minimum absolute atomic E-state index is 0.0934. The molecule has 0 aliphatic heterocycles. The molecule has 0 radical (unpaired) electrons. The third kappa shape index (κ3) is 4.10. The Bertz CT molecular complexity index is 1170. The van der Waals surface area contributed by atoms with Gasteiger partial charge in [0.05, 0.1) is 11.7 Å². The van der Waals surface area contributed by atoms with Gasteiger partial charge in [0, 0.05) is 35.7 Å². The van der Waals surface area contributed by atoms with Gasteiger partial charge in [-0.3, -0.25) is 0 Å². The average Bonchev–Trinajstić information content (AvgIpc) is 3.03. The van der Waals surface area contributed by atoms with E-state index in [1.54, 1.807) is 41.9 Å². The fourth-order valence-corrected chi connectivity index (χ4v) is 2.93. The smallest absolute Gasteiger partial charge is 0.388 e. The molecule has 0 unspecified atom stereocenters. The molecule has 7 nitrogen and oxygen atoms in total. The summed E-state index contributed by atoms with van der Waals surface area (Å²) in [7, 11) is 0. The van der Waals surface area contributed by atoms with E-state index in [1.165, 1.54) is 0 Å². The Morgan fingerprint density at radius 1 is 1.07 bits per heavy atom. The average molecular weight is 400 g/mol. The number of fused-ring (bicyclic) bond motifs is 1. The minimum atomic E-state index is -3.04. The van der Waals surface area contributed by atoms with Crippen molar-refractivity contribution in [2.45, 2.75) is 20.5 Å².